The minimum atomic E-state index is -0.887. The lowest BCUT2D eigenvalue weighted by Gasteiger charge is -2.29. The zero-order valence-corrected chi connectivity index (χ0v) is 13.3. The van der Waals surface area contributed by atoms with Crippen molar-refractivity contribution in [2.75, 3.05) is 0 Å². The number of carbonyl (C=O) groups is 2. The fourth-order valence-electron chi connectivity index (χ4n) is 2.77. The van der Waals surface area contributed by atoms with Gasteiger partial charge >= 0.3 is 11.9 Å². The van der Waals surface area contributed by atoms with Crippen molar-refractivity contribution in [3.05, 3.63) is 35.9 Å². The fraction of sp³-hybridized carbons (Fsp3) is 0.529. The van der Waals surface area contributed by atoms with Crippen LogP contribution in [0.25, 0.3) is 0 Å². The molecule has 22 heavy (non-hydrogen) atoms. The molecule has 2 rings (SSSR count). The third-order valence-corrected chi connectivity index (χ3v) is 3.69. The fourth-order valence-corrected chi connectivity index (χ4v) is 2.77. The van der Waals surface area contributed by atoms with Crippen molar-refractivity contribution < 1.29 is 19.4 Å². The Hall–Kier alpha value is -1.88. The van der Waals surface area contributed by atoms with Gasteiger partial charge in [0, 0.05) is 6.54 Å². The van der Waals surface area contributed by atoms with Crippen LogP contribution in [0.15, 0.2) is 30.3 Å². The van der Waals surface area contributed by atoms with Gasteiger partial charge in [0.25, 0.3) is 0 Å². The van der Waals surface area contributed by atoms with Gasteiger partial charge in [-0.1, -0.05) is 30.3 Å². The van der Waals surface area contributed by atoms with Gasteiger partial charge in [-0.25, -0.2) is 0 Å². The molecule has 1 saturated heterocycles. The lowest BCUT2D eigenvalue weighted by Crippen LogP contribution is -2.45. The molecular weight excluding hydrogens is 282 g/mol. The minimum absolute atomic E-state index is 0.341. The molecule has 1 heterocycles. The maximum Gasteiger partial charge on any atom is 0.323 e. The molecule has 5 heteroatoms. The van der Waals surface area contributed by atoms with E-state index in [1.54, 1.807) is 4.90 Å². The average molecular weight is 305 g/mol. The predicted octanol–water partition coefficient (Wildman–Crippen LogP) is 2.45. The van der Waals surface area contributed by atoms with Crippen molar-refractivity contribution in [2.24, 2.45) is 0 Å². The Morgan fingerprint density at radius 3 is 2.32 bits per heavy atom. The molecule has 0 radical (unpaired) electrons. The third kappa shape index (κ3) is 4.07. The summed E-state index contributed by atoms with van der Waals surface area (Å²) in [4.78, 5) is 25.6. The minimum Gasteiger partial charge on any atom is -0.480 e. The van der Waals surface area contributed by atoms with Gasteiger partial charge < -0.3 is 9.84 Å². The molecule has 1 aliphatic heterocycles. The maximum atomic E-state index is 12.4. The monoisotopic (exact) mass is 305 g/mol. The first kappa shape index (κ1) is 16.5. The number of carboxylic acid groups (broad SMARTS) is 1. The topological polar surface area (TPSA) is 66.8 Å². The number of rotatable bonds is 4. The number of ether oxygens (including phenoxy) is 1. The number of hydrogen-bond donors (Lipinski definition) is 1. The van der Waals surface area contributed by atoms with E-state index in [0.717, 1.165) is 5.56 Å². The van der Waals surface area contributed by atoms with Crippen LogP contribution in [0.5, 0.6) is 0 Å². The Balaban J connectivity index is 2.17. The number of aliphatic carboxylic acids is 1. The summed E-state index contributed by atoms with van der Waals surface area (Å²) >= 11 is 0. The van der Waals surface area contributed by atoms with Gasteiger partial charge in [0.1, 0.15) is 17.7 Å². The Labute approximate surface area is 130 Å². The predicted molar refractivity (Wildman–Crippen MR) is 82.3 cm³/mol. The summed E-state index contributed by atoms with van der Waals surface area (Å²) in [6.07, 6.45) is 0.977. The summed E-state index contributed by atoms with van der Waals surface area (Å²) in [5.74, 6) is -1.23. The smallest absolute Gasteiger partial charge is 0.323 e. The lowest BCUT2D eigenvalue weighted by molar-refractivity contribution is -0.161. The number of nitrogens with zero attached hydrogens (tertiary/aromatic N) is 1. The first-order valence-corrected chi connectivity index (χ1v) is 7.53. The van der Waals surface area contributed by atoms with Crippen LogP contribution in [0.2, 0.25) is 0 Å². The van der Waals surface area contributed by atoms with Crippen LogP contribution in [0, 0.1) is 0 Å². The van der Waals surface area contributed by atoms with Gasteiger partial charge in [0.2, 0.25) is 0 Å². The van der Waals surface area contributed by atoms with Crippen molar-refractivity contribution in [3.63, 3.8) is 0 Å². The molecule has 1 aromatic carbocycles. The molecule has 1 aromatic rings. The molecule has 0 saturated carbocycles. The molecule has 0 amide bonds. The second-order valence-electron chi connectivity index (χ2n) is 6.64. The first-order chi connectivity index (χ1) is 10.3. The highest BCUT2D eigenvalue weighted by Gasteiger charge is 2.43. The van der Waals surface area contributed by atoms with E-state index in [1.165, 1.54) is 0 Å². The summed E-state index contributed by atoms with van der Waals surface area (Å²) in [5.41, 5.74) is 0.417. The standard InChI is InChI=1S/C17H23NO4/c1-17(2,3)22-16(21)14-10-9-13(15(19)20)18(14)11-12-7-5-4-6-8-12/h4-8,13-14H,9-11H2,1-3H3,(H,19,20)/t13-,14+/m0/s1. The summed E-state index contributed by atoms with van der Waals surface area (Å²) in [5, 5.41) is 9.40. The Bertz CT molecular complexity index is 535. The first-order valence-electron chi connectivity index (χ1n) is 7.53. The second kappa shape index (κ2) is 6.48. The van der Waals surface area contributed by atoms with Crippen molar-refractivity contribution >= 4 is 11.9 Å². The third-order valence-electron chi connectivity index (χ3n) is 3.69. The number of carboxylic acids is 1. The van der Waals surface area contributed by atoms with Crippen LogP contribution in [0.1, 0.15) is 39.2 Å². The number of hydrogen-bond acceptors (Lipinski definition) is 4. The van der Waals surface area contributed by atoms with Gasteiger partial charge in [0.15, 0.2) is 0 Å². The molecule has 1 fully saturated rings. The van der Waals surface area contributed by atoms with Crippen molar-refractivity contribution in [2.45, 2.75) is 57.8 Å². The molecule has 0 unspecified atom stereocenters. The Morgan fingerprint density at radius 2 is 1.77 bits per heavy atom. The van der Waals surface area contributed by atoms with E-state index in [4.69, 9.17) is 4.74 Å². The quantitative estimate of drug-likeness (QED) is 0.866. The molecule has 120 valence electrons. The van der Waals surface area contributed by atoms with E-state index in [9.17, 15) is 14.7 Å². The Morgan fingerprint density at radius 1 is 1.18 bits per heavy atom. The van der Waals surface area contributed by atoms with Crippen molar-refractivity contribution in [1.29, 1.82) is 0 Å². The summed E-state index contributed by atoms with van der Waals surface area (Å²) in [7, 11) is 0. The van der Waals surface area contributed by atoms with Gasteiger partial charge in [-0.05, 0) is 39.2 Å². The van der Waals surface area contributed by atoms with Crippen LogP contribution in [-0.4, -0.2) is 39.6 Å². The van der Waals surface area contributed by atoms with Crippen LogP contribution in [-0.2, 0) is 20.9 Å². The molecule has 0 spiro atoms. The van der Waals surface area contributed by atoms with Gasteiger partial charge in [-0.15, -0.1) is 0 Å². The highest BCUT2D eigenvalue weighted by atomic mass is 16.6. The van der Waals surface area contributed by atoms with E-state index in [0.29, 0.717) is 19.4 Å². The molecule has 0 bridgehead atoms. The lowest BCUT2D eigenvalue weighted by atomic mass is 10.1. The average Bonchev–Trinajstić information content (AvgIpc) is 2.82. The van der Waals surface area contributed by atoms with E-state index in [-0.39, 0.29) is 5.97 Å². The molecule has 1 aliphatic rings. The summed E-state index contributed by atoms with van der Waals surface area (Å²) < 4.78 is 5.44. The summed E-state index contributed by atoms with van der Waals surface area (Å²) in [6, 6.07) is 8.45. The van der Waals surface area contributed by atoms with Gasteiger partial charge in [-0.3, -0.25) is 14.5 Å². The zero-order valence-electron chi connectivity index (χ0n) is 13.3. The molecular formula is C17H23NO4. The number of benzene rings is 1. The number of carbonyl (C=O) groups excluding carboxylic acids is 1. The van der Waals surface area contributed by atoms with Crippen LogP contribution >= 0.6 is 0 Å². The van der Waals surface area contributed by atoms with Crippen molar-refractivity contribution in [3.8, 4) is 0 Å². The zero-order chi connectivity index (χ0) is 16.3. The van der Waals surface area contributed by atoms with Crippen LogP contribution < -0.4 is 0 Å². The van der Waals surface area contributed by atoms with E-state index >= 15 is 0 Å². The summed E-state index contributed by atoms with van der Waals surface area (Å²) in [6.45, 7) is 5.88. The SMILES string of the molecule is CC(C)(C)OC(=O)[C@H]1CC[C@@H](C(=O)O)N1Cc1ccccc1. The second-order valence-corrected chi connectivity index (χ2v) is 6.64. The molecule has 1 N–H and O–H groups in total. The molecule has 0 aromatic heterocycles. The van der Waals surface area contributed by atoms with Crippen molar-refractivity contribution in [1.82, 2.24) is 4.90 Å². The van der Waals surface area contributed by atoms with E-state index in [1.807, 2.05) is 51.1 Å². The van der Waals surface area contributed by atoms with Crippen LogP contribution in [0.3, 0.4) is 0 Å². The highest BCUT2D eigenvalue weighted by Crippen LogP contribution is 2.28. The molecule has 5 nitrogen and oxygen atoms in total. The largest absolute Gasteiger partial charge is 0.480 e. The van der Waals surface area contributed by atoms with E-state index < -0.39 is 23.7 Å². The normalized spacial score (nSPS) is 22.5. The van der Waals surface area contributed by atoms with Gasteiger partial charge in [0.05, 0.1) is 0 Å². The van der Waals surface area contributed by atoms with Crippen LogP contribution in [0.4, 0.5) is 0 Å². The van der Waals surface area contributed by atoms with Gasteiger partial charge in [-0.2, -0.15) is 0 Å². The molecule has 2 atom stereocenters. The number of likely N-dealkylation sites (tertiary alicyclic amines) is 1. The Kier molecular flexibility index (Phi) is 4.86. The maximum absolute atomic E-state index is 12.4. The van der Waals surface area contributed by atoms with E-state index in [2.05, 4.69) is 0 Å². The number of esters is 1. The molecule has 0 aliphatic carbocycles. The highest BCUT2D eigenvalue weighted by molar-refractivity contribution is 5.80.